The van der Waals surface area contributed by atoms with E-state index in [2.05, 4.69) is 10.6 Å². The third kappa shape index (κ3) is 13.9. The van der Waals surface area contributed by atoms with Gasteiger partial charge in [-0.05, 0) is 0 Å². The van der Waals surface area contributed by atoms with Crippen LogP contribution in [0.4, 0.5) is 0 Å². The summed E-state index contributed by atoms with van der Waals surface area (Å²) in [7, 11) is 0. The minimum Gasteiger partial charge on any atom is -0.394 e. The highest BCUT2D eigenvalue weighted by atomic mass is 16.8. The molecule has 0 saturated carbocycles. The molecule has 30 atom stereocenters. The van der Waals surface area contributed by atoms with Gasteiger partial charge < -0.3 is 163 Å². The maximum Gasteiger partial charge on any atom is 0.217 e. The van der Waals surface area contributed by atoms with E-state index in [1.807, 2.05) is 0 Å². The number of ether oxygens (including phenoxy) is 10. The highest BCUT2D eigenvalue weighted by Gasteiger charge is 2.56. The molecule has 0 spiro atoms. The number of carbonyl (C=O) groups excluding carboxylic acids is 2. The lowest BCUT2D eigenvalue weighted by Gasteiger charge is -2.49. The van der Waals surface area contributed by atoms with Crippen molar-refractivity contribution >= 4 is 11.8 Å². The summed E-state index contributed by atoms with van der Waals surface area (Å²) in [6.07, 6.45) is -35.2. The van der Waals surface area contributed by atoms with Gasteiger partial charge >= 0.3 is 0 Å². The zero-order chi connectivity index (χ0) is 55.2. The second-order valence-electron chi connectivity index (χ2n) is 18.5. The molecule has 0 aliphatic carbocycles. The normalized spacial score (nSPS) is 49.0. The highest BCUT2D eigenvalue weighted by Crippen LogP contribution is 2.34. The van der Waals surface area contributed by atoms with Gasteiger partial charge in [-0.3, -0.25) is 9.59 Å². The Morgan fingerprint density at radius 3 is 0.905 bits per heavy atom. The lowest BCUT2D eigenvalue weighted by Crippen LogP contribution is -2.70. The van der Waals surface area contributed by atoms with Crippen molar-refractivity contribution in [2.45, 2.75) is 198 Å². The van der Waals surface area contributed by atoms with Gasteiger partial charge in [-0.2, -0.15) is 0 Å². The molecule has 6 heterocycles. The number of hydrogen-bond donors (Lipinski definition) is 22. The summed E-state index contributed by atoms with van der Waals surface area (Å²) in [5.41, 5.74) is 23.2. The number of carbonyl (C=O) groups is 2. The Bertz CT molecular complexity index is 1620. The van der Waals surface area contributed by atoms with E-state index in [0.717, 1.165) is 13.8 Å². The van der Waals surface area contributed by atoms with E-state index in [1.54, 1.807) is 0 Å². The van der Waals surface area contributed by atoms with Gasteiger partial charge in [0, 0.05) is 13.8 Å². The summed E-state index contributed by atoms with van der Waals surface area (Å²) >= 11 is 0. The van der Waals surface area contributed by atoms with Crippen LogP contribution >= 0.6 is 0 Å². The molecule has 6 fully saturated rings. The van der Waals surface area contributed by atoms with Crippen LogP contribution in [0.25, 0.3) is 0 Å². The summed E-state index contributed by atoms with van der Waals surface area (Å²) in [6.45, 7) is -1.98. The fraction of sp³-hybridized carbons (Fsp3) is 0.950. The fourth-order valence-electron chi connectivity index (χ4n) is 9.09. The monoisotopic (exact) mass is 1090 g/mol. The average molecular weight is 1090 g/mol. The van der Waals surface area contributed by atoms with Crippen LogP contribution in [0.15, 0.2) is 0 Å². The number of aliphatic hydroxyl groups excluding tert-OH is 16. The summed E-state index contributed by atoms with van der Waals surface area (Å²) in [5, 5.41) is 166. The van der Waals surface area contributed by atoms with Gasteiger partial charge in [0.1, 0.15) is 122 Å². The van der Waals surface area contributed by atoms with E-state index in [0.29, 0.717) is 0 Å². The molecule has 26 N–H and O–H groups in total. The molecule has 74 heavy (non-hydrogen) atoms. The minimum atomic E-state index is -1.67. The molecule has 6 aliphatic heterocycles. The number of aliphatic hydroxyl groups is 16. The molecular formula is C40H74N6O28. The lowest BCUT2D eigenvalue weighted by atomic mass is 9.94. The van der Waals surface area contributed by atoms with Crippen LogP contribution in [0.5, 0.6) is 0 Å². The zero-order valence-electron chi connectivity index (χ0n) is 39.9. The summed E-state index contributed by atoms with van der Waals surface area (Å²) in [5.74, 6) is -1.25. The molecule has 34 heteroatoms. The predicted octanol–water partition coefficient (Wildman–Crippen LogP) is -15.0. The molecule has 2 amide bonds. The van der Waals surface area contributed by atoms with Crippen LogP contribution < -0.4 is 33.6 Å². The van der Waals surface area contributed by atoms with Crippen LogP contribution in [0.1, 0.15) is 13.8 Å². The van der Waals surface area contributed by atoms with Crippen LogP contribution in [-0.2, 0) is 57.0 Å². The summed E-state index contributed by atoms with van der Waals surface area (Å²) < 4.78 is 55.6. The second-order valence-corrected chi connectivity index (χ2v) is 18.5. The maximum absolute atomic E-state index is 11.9. The molecule has 0 radical (unpaired) electrons. The molecule has 432 valence electrons. The Kier molecular flexibility index (Phi) is 23.3. The average Bonchev–Trinajstić information content (AvgIpc) is 3.37. The van der Waals surface area contributed by atoms with Crippen molar-refractivity contribution in [2.24, 2.45) is 22.9 Å². The molecular weight excluding hydrogens is 1010 g/mol. The zero-order valence-corrected chi connectivity index (χ0v) is 39.9. The van der Waals surface area contributed by atoms with Crippen molar-refractivity contribution in [3.05, 3.63) is 0 Å². The van der Waals surface area contributed by atoms with E-state index >= 15 is 0 Å². The summed E-state index contributed by atoms with van der Waals surface area (Å²) in [6, 6.07) is -8.07. The third-order valence-electron chi connectivity index (χ3n) is 13.3. The second kappa shape index (κ2) is 27.6. The van der Waals surface area contributed by atoms with Gasteiger partial charge in [-0.1, -0.05) is 0 Å². The molecule has 6 aliphatic rings. The Hall–Kier alpha value is -2.26. The SMILES string of the molecule is CC(=O)NC1C(OC2C(CO)OC(O)C(N)C2O)OC(CO)C(OC2OC(CO)C(O)C(O)C2N)C1O.CC(=O)NC1C(OC2C(CO)OC(O)C(N)C2O)OC(CO)C(OC2OC(CO)C(O)C(O)C2N)C1O. The topological polar surface area (TPSA) is 578 Å². The molecule has 0 aromatic heterocycles. The van der Waals surface area contributed by atoms with Crippen molar-refractivity contribution in [2.75, 3.05) is 39.6 Å². The smallest absolute Gasteiger partial charge is 0.217 e. The lowest BCUT2D eigenvalue weighted by molar-refractivity contribution is -0.350. The van der Waals surface area contributed by atoms with Crippen LogP contribution in [0.3, 0.4) is 0 Å². The van der Waals surface area contributed by atoms with Gasteiger partial charge in [-0.25, -0.2) is 0 Å². The van der Waals surface area contributed by atoms with E-state index in [9.17, 15) is 91.3 Å². The van der Waals surface area contributed by atoms with Crippen molar-refractivity contribution in [1.82, 2.24) is 10.6 Å². The number of amides is 2. The number of hydrogen-bond acceptors (Lipinski definition) is 32. The third-order valence-corrected chi connectivity index (χ3v) is 13.3. The molecule has 0 aromatic rings. The van der Waals surface area contributed by atoms with Gasteiger partial charge in [0.05, 0.1) is 63.8 Å². The highest BCUT2D eigenvalue weighted by molar-refractivity contribution is 5.73. The van der Waals surface area contributed by atoms with Gasteiger partial charge in [-0.15, -0.1) is 0 Å². The van der Waals surface area contributed by atoms with E-state index in [4.69, 9.17) is 70.3 Å². The first-order valence-corrected chi connectivity index (χ1v) is 23.5. The first kappa shape index (κ1) is 62.6. The van der Waals surface area contributed by atoms with Crippen molar-refractivity contribution < 1.29 is 139 Å². The van der Waals surface area contributed by atoms with E-state index < -0.39 is 235 Å². The van der Waals surface area contributed by atoms with Crippen LogP contribution in [0.2, 0.25) is 0 Å². The summed E-state index contributed by atoms with van der Waals surface area (Å²) in [4.78, 5) is 23.8. The quantitative estimate of drug-likeness (QED) is 0.0682. The van der Waals surface area contributed by atoms with E-state index in [-0.39, 0.29) is 0 Å². The molecule has 34 nitrogen and oxygen atoms in total. The number of nitrogens with one attached hydrogen (secondary N) is 2. The van der Waals surface area contributed by atoms with Crippen molar-refractivity contribution in [3.8, 4) is 0 Å². The first-order valence-electron chi connectivity index (χ1n) is 23.5. The molecule has 6 rings (SSSR count). The largest absolute Gasteiger partial charge is 0.394 e. The molecule has 30 unspecified atom stereocenters. The van der Waals surface area contributed by atoms with Crippen molar-refractivity contribution in [3.63, 3.8) is 0 Å². The van der Waals surface area contributed by atoms with Crippen molar-refractivity contribution in [1.29, 1.82) is 0 Å². The first-order chi connectivity index (χ1) is 34.9. The maximum atomic E-state index is 11.9. The number of rotatable bonds is 16. The van der Waals surface area contributed by atoms with Gasteiger partial charge in [0.25, 0.3) is 0 Å². The number of nitrogens with two attached hydrogens (primary N) is 4. The Balaban J connectivity index is 0.000000274. The predicted molar refractivity (Wildman–Crippen MR) is 234 cm³/mol. The van der Waals surface area contributed by atoms with Crippen LogP contribution in [-0.4, -0.2) is 317 Å². The Morgan fingerprint density at radius 1 is 0.365 bits per heavy atom. The van der Waals surface area contributed by atoms with Gasteiger partial charge in [0.15, 0.2) is 37.7 Å². The van der Waals surface area contributed by atoms with E-state index in [1.165, 1.54) is 0 Å². The molecule has 0 bridgehead atoms. The standard InChI is InChI=1S/2C20H37N3O14/c2*1-5(27)23-11-15(31)17(36-19-10(22)13(29)12(28)6(2-24)34-19)8(4-26)35-20(11)37-16-7(3-25)33-18(32)9(21)14(16)30/h2*6-20,24-26,28-32H,2-4,21-22H2,1H3,(H,23,27). The van der Waals surface area contributed by atoms with Gasteiger partial charge in [0.2, 0.25) is 11.8 Å². The molecule has 0 aromatic carbocycles. The molecule has 6 saturated heterocycles. The fourth-order valence-corrected chi connectivity index (χ4v) is 9.09. The minimum absolute atomic E-state index is 0.627. The Morgan fingerprint density at radius 2 is 0.622 bits per heavy atom. The Labute approximate surface area is 421 Å². The van der Waals surface area contributed by atoms with Crippen LogP contribution in [0, 0.1) is 0 Å².